The molecule has 3 heterocycles. The molecule has 0 radical (unpaired) electrons. The first kappa shape index (κ1) is 23.3. The van der Waals surface area contributed by atoms with Gasteiger partial charge >= 0.3 is 0 Å². The Morgan fingerprint density at radius 2 is 1.94 bits per heavy atom. The third-order valence-corrected chi connectivity index (χ3v) is 6.97. The van der Waals surface area contributed by atoms with E-state index in [1.54, 1.807) is 19.2 Å². The lowest BCUT2D eigenvalue weighted by Crippen LogP contribution is -2.48. The molecule has 2 saturated heterocycles. The maximum absolute atomic E-state index is 14.5. The number of methoxy groups -OCH3 is 1. The Kier molecular flexibility index (Phi) is 6.19. The van der Waals surface area contributed by atoms with Gasteiger partial charge in [0.2, 0.25) is 5.91 Å². The number of rotatable bonds is 6. The molecule has 3 atom stereocenters. The van der Waals surface area contributed by atoms with E-state index >= 15 is 0 Å². The van der Waals surface area contributed by atoms with Gasteiger partial charge in [0.25, 0.3) is 0 Å². The number of aromatic nitrogens is 2. The minimum absolute atomic E-state index is 0.0227. The summed E-state index contributed by atoms with van der Waals surface area (Å²) in [6, 6.07) is 6.01. The number of fused-ring (bicyclic) bond motifs is 3. The maximum atomic E-state index is 14.5. The van der Waals surface area contributed by atoms with E-state index in [0.29, 0.717) is 41.1 Å². The number of carbonyl (C=O) groups excluding carboxylic acids is 1. The Morgan fingerprint density at radius 3 is 2.63 bits per heavy atom. The van der Waals surface area contributed by atoms with Gasteiger partial charge in [-0.2, -0.15) is 0 Å². The summed E-state index contributed by atoms with van der Waals surface area (Å²) in [7, 11) is 1.54. The van der Waals surface area contributed by atoms with Gasteiger partial charge in [-0.05, 0) is 37.1 Å². The molecule has 1 unspecified atom stereocenters. The molecule has 5 rings (SSSR count). The van der Waals surface area contributed by atoms with Crippen molar-refractivity contribution in [2.24, 2.45) is 0 Å². The van der Waals surface area contributed by atoms with Crippen LogP contribution in [0.1, 0.15) is 25.7 Å². The molecule has 2 aliphatic rings. The highest BCUT2D eigenvalue weighted by Crippen LogP contribution is 2.41. The zero-order chi connectivity index (χ0) is 24.7. The predicted molar refractivity (Wildman–Crippen MR) is 128 cm³/mol. The van der Waals surface area contributed by atoms with E-state index in [0.717, 1.165) is 18.9 Å². The van der Waals surface area contributed by atoms with E-state index in [2.05, 4.69) is 21.9 Å². The van der Waals surface area contributed by atoms with Crippen molar-refractivity contribution in [1.82, 2.24) is 14.9 Å². The first-order valence-corrected chi connectivity index (χ1v) is 11.6. The van der Waals surface area contributed by atoms with E-state index in [1.807, 2.05) is 4.90 Å². The van der Waals surface area contributed by atoms with E-state index in [4.69, 9.17) is 21.1 Å². The minimum atomic E-state index is -0.917. The quantitative estimate of drug-likeness (QED) is 0.361. The highest BCUT2D eigenvalue weighted by atomic mass is 35.5. The van der Waals surface area contributed by atoms with Crippen molar-refractivity contribution in [3.8, 4) is 11.5 Å². The van der Waals surface area contributed by atoms with Gasteiger partial charge in [0.05, 0.1) is 18.3 Å². The maximum Gasteiger partial charge on any atom is 0.246 e. The Balaban J connectivity index is 1.45. The SMILES string of the molecule is C=CC(=O)N1[C@@H]2CC[C@H]1CC(Oc1cc3c(Nc4ccc(F)c(Cl)c4F)ncnc3cc1OC)C2. The summed E-state index contributed by atoms with van der Waals surface area (Å²) in [4.78, 5) is 22.7. The number of nitrogens with one attached hydrogen (secondary N) is 1. The van der Waals surface area contributed by atoms with Crippen molar-refractivity contribution in [1.29, 1.82) is 0 Å². The average Bonchev–Trinajstić information content (AvgIpc) is 3.13. The summed E-state index contributed by atoms with van der Waals surface area (Å²) in [5, 5.41) is 2.83. The van der Waals surface area contributed by atoms with E-state index in [9.17, 15) is 13.6 Å². The second-order valence-electron chi connectivity index (χ2n) is 8.64. The summed E-state index contributed by atoms with van der Waals surface area (Å²) in [5.74, 6) is -0.522. The third kappa shape index (κ3) is 4.25. The summed E-state index contributed by atoms with van der Waals surface area (Å²) >= 11 is 5.72. The zero-order valence-electron chi connectivity index (χ0n) is 18.9. The van der Waals surface area contributed by atoms with Crippen molar-refractivity contribution in [3.05, 3.63) is 59.9 Å². The lowest BCUT2D eigenvalue weighted by atomic mass is 9.99. The van der Waals surface area contributed by atoms with Crippen LogP contribution in [-0.2, 0) is 4.79 Å². The van der Waals surface area contributed by atoms with Crippen LogP contribution in [0.4, 0.5) is 20.3 Å². The van der Waals surface area contributed by atoms with Crippen LogP contribution < -0.4 is 14.8 Å². The van der Waals surface area contributed by atoms with Crippen LogP contribution in [0.15, 0.2) is 43.2 Å². The molecule has 0 aliphatic carbocycles. The van der Waals surface area contributed by atoms with Gasteiger partial charge in [-0.15, -0.1) is 0 Å². The van der Waals surface area contributed by atoms with Crippen molar-refractivity contribution < 1.29 is 23.0 Å². The molecule has 0 spiro atoms. The van der Waals surface area contributed by atoms with Crippen LogP contribution in [0.5, 0.6) is 11.5 Å². The molecule has 1 N–H and O–H groups in total. The number of amides is 1. The van der Waals surface area contributed by atoms with Crippen LogP contribution in [0.3, 0.4) is 0 Å². The highest BCUT2D eigenvalue weighted by molar-refractivity contribution is 6.31. The Labute approximate surface area is 205 Å². The fourth-order valence-electron chi connectivity index (χ4n) is 5.03. The summed E-state index contributed by atoms with van der Waals surface area (Å²) in [6.07, 6.45) is 5.86. The number of piperidine rings is 1. The van der Waals surface area contributed by atoms with Crippen molar-refractivity contribution in [3.63, 3.8) is 0 Å². The van der Waals surface area contributed by atoms with E-state index in [-0.39, 0.29) is 29.8 Å². The van der Waals surface area contributed by atoms with Gasteiger partial charge in [0.1, 0.15) is 29.1 Å². The van der Waals surface area contributed by atoms with Gasteiger partial charge in [-0.1, -0.05) is 18.2 Å². The monoisotopic (exact) mass is 500 g/mol. The smallest absolute Gasteiger partial charge is 0.246 e. The molecule has 0 saturated carbocycles. The Morgan fingerprint density at radius 1 is 1.20 bits per heavy atom. The Bertz CT molecular complexity index is 1310. The number of halogens is 3. The number of nitrogens with zero attached hydrogens (tertiary/aromatic N) is 3. The van der Waals surface area contributed by atoms with Crippen molar-refractivity contribution >= 4 is 39.9 Å². The molecule has 2 aliphatic heterocycles. The number of benzene rings is 2. The molecule has 2 bridgehead atoms. The van der Waals surface area contributed by atoms with Crippen LogP contribution >= 0.6 is 11.6 Å². The molecule has 10 heteroatoms. The fraction of sp³-hybridized carbons (Fsp3) is 0.320. The molecule has 1 aromatic heterocycles. The van der Waals surface area contributed by atoms with Crippen LogP contribution in [-0.4, -0.2) is 46.1 Å². The molecule has 35 heavy (non-hydrogen) atoms. The molecule has 2 aromatic carbocycles. The fourth-order valence-corrected chi connectivity index (χ4v) is 5.20. The standard InChI is InChI=1S/C25H23ClF2N4O3/c1-3-22(33)32-13-4-5-14(32)9-15(8-13)35-21-10-16-19(11-20(21)34-2)29-12-30-25(16)31-18-7-6-17(27)23(26)24(18)28/h3,6-7,10-15H,1,4-5,8-9H2,2H3,(H,29,30,31)/t13-,14+,15?. The number of hydrogen-bond acceptors (Lipinski definition) is 6. The third-order valence-electron chi connectivity index (χ3n) is 6.62. The topological polar surface area (TPSA) is 76.6 Å². The van der Waals surface area contributed by atoms with Gasteiger partial charge in [-0.3, -0.25) is 4.79 Å². The van der Waals surface area contributed by atoms with Gasteiger partial charge in [-0.25, -0.2) is 18.7 Å². The second-order valence-corrected chi connectivity index (χ2v) is 9.01. The van der Waals surface area contributed by atoms with E-state index < -0.39 is 16.7 Å². The number of anilines is 2. The number of ether oxygens (including phenoxy) is 2. The number of carbonyl (C=O) groups is 1. The first-order valence-electron chi connectivity index (χ1n) is 11.2. The van der Waals surface area contributed by atoms with E-state index in [1.165, 1.54) is 18.5 Å². The largest absolute Gasteiger partial charge is 0.493 e. The first-order chi connectivity index (χ1) is 16.9. The summed E-state index contributed by atoms with van der Waals surface area (Å²) in [6.45, 7) is 3.62. The van der Waals surface area contributed by atoms with Gasteiger partial charge in [0.15, 0.2) is 17.3 Å². The van der Waals surface area contributed by atoms with Crippen LogP contribution in [0.25, 0.3) is 10.9 Å². The predicted octanol–water partition coefficient (Wildman–Crippen LogP) is 5.40. The summed E-state index contributed by atoms with van der Waals surface area (Å²) < 4.78 is 40.0. The molecule has 182 valence electrons. The van der Waals surface area contributed by atoms with Crippen LogP contribution in [0.2, 0.25) is 5.02 Å². The second kappa shape index (κ2) is 9.30. The molecular weight excluding hydrogens is 478 g/mol. The molecule has 2 fully saturated rings. The molecular formula is C25H23ClF2N4O3. The minimum Gasteiger partial charge on any atom is -0.493 e. The molecule has 1 amide bonds. The van der Waals surface area contributed by atoms with Gasteiger partial charge in [0, 0.05) is 36.4 Å². The van der Waals surface area contributed by atoms with Crippen molar-refractivity contribution in [2.45, 2.75) is 43.9 Å². The lowest BCUT2D eigenvalue weighted by Gasteiger charge is -2.38. The zero-order valence-corrected chi connectivity index (χ0v) is 19.7. The average molecular weight is 501 g/mol. The lowest BCUT2D eigenvalue weighted by molar-refractivity contribution is -0.131. The molecule has 3 aromatic rings. The Hall–Kier alpha value is -3.46. The normalized spacial score (nSPS) is 21.1. The number of hydrogen-bond donors (Lipinski definition) is 1. The highest BCUT2D eigenvalue weighted by Gasteiger charge is 2.43. The van der Waals surface area contributed by atoms with Crippen molar-refractivity contribution in [2.75, 3.05) is 12.4 Å². The molecule has 7 nitrogen and oxygen atoms in total. The van der Waals surface area contributed by atoms with Crippen LogP contribution in [0, 0.1) is 11.6 Å². The van der Waals surface area contributed by atoms with Gasteiger partial charge < -0.3 is 19.7 Å². The summed E-state index contributed by atoms with van der Waals surface area (Å²) in [5.41, 5.74) is 0.525.